The number of hydrogen-bond acceptors (Lipinski definition) is 2. The highest BCUT2D eigenvalue weighted by molar-refractivity contribution is 5.71. The Morgan fingerprint density at radius 3 is 2.92 bits per heavy atom. The summed E-state index contributed by atoms with van der Waals surface area (Å²) in [5.41, 5.74) is 4.95. The van der Waals surface area contributed by atoms with E-state index in [9.17, 15) is 4.79 Å². The van der Waals surface area contributed by atoms with Crippen LogP contribution < -0.4 is 5.73 Å². The Morgan fingerprint density at radius 2 is 2.50 bits per heavy atom. The summed E-state index contributed by atoms with van der Waals surface area (Å²) < 4.78 is 0. The number of hydrogen-bond donors (Lipinski definition) is 1. The van der Waals surface area contributed by atoms with Crippen molar-refractivity contribution in [1.29, 1.82) is 0 Å². The number of primary amides is 1. The van der Waals surface area contributed by atoms with Crippen molar-refractivity contribution in [3.05, 3.63) is 12.2 Å². The minimum Gasteiger partial charge on any atom is -0.350 e. The van der Waals surface area contributed by atoms with Gasteiger partial charge >= 0.3 is 6.03 Å². The fraction of sp³-hybridized carbons (Fsp3) is 0.375. The Bertz CT molecular complexity index is 206. The fourth-order valence-electron chi connectivity index (χ4n) is 0.499. The first-order valence-corrected chi connectivity index (χ1v) is 3.47. The largest absolute Gasteiger partial charge is 0.350 e. The van der Waals surface area contributed by atoms with Gasteiger partial charge in [-0.1, -0.05) is 18.1 Å². The molecule has 0 atom stereocenters. The van der Waals surface area contributed by atoms with Gasteiger partial charge in [0, 0.05) is 0 Å². The van der Waals surface area contributed by atoms with Crippen LogP contribution in [0.4, 0.5) is 4.79 Å². The normalized spacial score (nSPS) is 9.67. The van der Waals surface area contributed by atoms with E-state index in [1.165, 1.54) is 0 Å². The molecule has 0 spiro atoms. The Morgan fingerprint density at radius 1 is 1.83 bits per heavy atom. The van der Waals surface area contributed by atoms with Crippen LogP contribution in [0.2, 0.25) is 0 Å². The molecular formula is C8H12N2O2. The zero-order chi connectivity index (χ0) is 9.40. The molecule has 2 N–H and O–H groups in total. The summed E-state index contributed by atoms with van der Waals surface area (Å²) in [6.07, 6.45) is 8.52. The monoisotopic (exact) mass is 168 g/mol. The number of rotatable bonds is 4. The molecule has 66 valence electrons. The van der Waals surface area contributed by atoms with Gasteiger partial charge in [-0.05, 0) is 6.92 Å². The van der Waals surface area contributed by atoms with Crippen LogP contribution in [0.25, 0.3) is 0 Å². The van der Waals surface area contributed by atoms with E-state index >= 15 is 0 Å². The summed E-state index contributed by atoms with van der Waals surface area (Å²) >= 11 is 0. The number of carbonyl (C=O) groups excluding carboxylic acids is 1. The average molecular weight is 168 g/mol. The smallest absolute Gasteiger partial charge is 0.339 e. The topological polar surface area (TPSA) is 55.6 Å². The minimum absolute atomic E-state index is 0.0624. The second-order valence-corrected chi connectivity index (χ2v) is 1.94. The van der Waals surface area contributed by atoms with Crippen molar-refractivity contribution in [2.75, 3.05) is 13.2 Å². The van der Waals surface area contributed by atoms with E-state index in [2.05, 4.69) is 5.92 Å². The molecule has 0 radical (unpaired) electrons. The number of nitrogens with zero attached hydrogens (tertiary/aromatic N) is 1. The second-order valence-electron chi connectivity index (χ2n) is 1.94. The predicted octanol–water partition coefficient (Wildman–Crippen LogP) is 0.508. The summed E-state index contributed by atoms with van der Waals surface area (Å²) in [6.45, 7) is 2.20. The Hall–Kier alpha value is -1.47. The Labute approximate surface area is 71.9 Å². The van der Waals surface area contributed by atoms with E-state index < -0.39 is 6.03 Å². The first kappa shape index (κ1) is 10.5. The molecule has 0 rings (SSSR count). The molecule has 0 aromatic heterocycles. The third-order valence-electron chi connectivity index (χ3n) is 1.04. The molecule has 0 heterocycles. The standard InChI is InChI=1S/C8H12N2O2/c1-3-5-7-12-10(6-4-2)8(9)11/h2-3,5H,6-7H2,1H3,(H2,9,11). The van der Waals surface area contributed by atoms with Crippen molar-refractivity contribution < 1.29 is 9.63 Å². The maximum absolute atomic E-state index is 10.6. The summed E-state index contributed by atoms with van der Waals surface area (Å²) in [4.78, 5) is 15.5. The number of amides is 2. The number of urea groups is 1. The highest BCUT2D eigenvalue weighted by atomic mass is 16.7. The lowest BCUT2D eigenvalue weighted by Gasteiger charge is -2.15. The molecule has 0 aromatic rings. The predicted molar refractivity (Wildman–Crippen MR) is 45.9 cm³/mol. The van der Waals surface area contributed by atoms with Crippen molar-refractivity contribution >= 4 is 6.03 Å². The van der Waals surface area contributed by atoms with E-state index in [1.54, 1.807) is 12.2 Å². The van der Waals surface area contributed by atoms with Gasteiger partial charge in [0.1, 0.15) is 6.54 Å². The number of nitrogens with two attached hydrogens (primary N) is 1. The summed E-state index contributed by atoms with van der Waals surface area (Å²) in [5, 5.41) is 0.931. The molecule has 4 nitrogen and oxygen atoms in total. The SMILES string of the molecule is C#CCN(OCC=CC)C(N)=O. The number of hydroxylamine groups is 2. The van der Waals surface area contributed by atoms with Crippen LogP contribution in [0.3, 0.4) is 0 Å². The van der Waals surface area contributed by atoms with Gasteiger partial charge < -0.3 is 5.73 Å². The van der Waals surface area contributed by atoms with Crippen molar-refractivity contribution in [2.24, 2.45) is 5.73 Å². The van der Waals surface area contributed by atoms with E-state index in [-0.39, 0.29) is 6.54 Å². The molecule has 12 heavy (non-hydrogen) atoms. The van der Waals surface area contributed by atoms with Crippen LogP contribution in [0.15, 0.2) is 12.2 Å². The molecule has 0 unspecified atom stereocenters. The minimum atomic E-state index is -0.683. The third kappa shape index (κ3) is 4.36. The van der Waals surface area contributed by atoms with E-state index in [0.717, 1.165) is 5.06 Å². The molecule has 0 aromatic carbocycles. The molecule has 4 heteroatoms. The highest BCUT2D eigenvalue weighted by Gasteiger charge is 2.06. The molecule has 0 saturated heterocycles. The molecule has 0 bridgehead atoms. The fourth-order valence-corrected chi connectivity index (χ4v) is 0.499. The van der Waals surface area contributed by atoms with Crippen LogP contribution in [-0.4, -0.2) is 24.2 Å². The van der Waals surface area contributed by atoms with Crippen LogP contribution in [0, 0.1) is 12.3 Å². The van der Waals surface area contributed by atoms with Gasteiger partial charge in [0.05, 0.1) is 6.61 Å². The van der Waals surface area contributed by atoms with Crippen LogP contribution in [0.5, 0.6) is 0 Å². The Kier molecular flexibility index (Phi) is 5.49. The summed E-state index contributed by atoms with van der Waals surface area (Å²) in [5.74, 6) is 2.25. The molecule has 0 aliphatic rings. The van der Waals surface area contributed by atoms with Crippen LogP contribution in [-0.2, 0) is 4.84 Å². The third-order valence-corrected chi connectivity index (χ3v) is 1.04. The molecule has 0 aliphatic carbocycles. The summed E-state index contributed by atoms with van der Waals surface area (Å²) in [6, 6.07) is -0.683. The lowest BCUT2D eigenvalue weighted by atomic mass is 10.6. The van der Waals surface area contributed by atoms with Gasteiger partial charge in [-0.15, -0.1) is 6.42 Å². The quantitative estimate of drug-likeness (QED) is 0.377. The maximum Gasteiger partial charge on any atom is 0.339 e. The van der Waals surface area contributed by atoms with E-state index in [1.807, 2.05) is 6.92 Å². The maximum atomic E-state index is 10.6. The van der Waals surface area contributed by atoms with E-state index in [4.69, 9.17) is 17.0 Å². The van der Waals surface area contributed by atoms with Gasteiger partial charge in [-0.25, -0.2) is 4.79 Å². The molecule has 0 fully saturated rings. The average Bonchev–Trinajstić information content (AvgIpc) is 2.03. The highest BCUT2D eigenvalue weighted by Crippen LogP contribution is 1.89. The molecular weight excluding hydrogens is 156 g/mol. The molecule has 0 aliphatic heterocycles. The lowest BCUT2D eigenvalue weighted by molar-refractivity contribution is -0.0923. The number of allylic oxidation sites excluding steroid dienone is 1. The lowest BCUT2D eigenvalue weighted by Crippen LogP contribution is -2.36. The Balaban J connectivity index is 3.81. The second kappa shape index (κ2) is 6.25. The first-order valence-electron chi connectivity index (χ1n) is 3.47. The van der Waals surface area contributed by atoms with Crippen molar-refractivity contribution in [2.45, 2.75) is 6.92 Å². The zero-order valence-electron chi connectivity index (χ0n) is 6.99. The number of carbonyl (C=O) groups is 1. The number of terminal acetylenes is 1. The van der Waals surface area contributed by atoms with Crippen LogP contribution >= 0.6 is 0 Å². The van der Waals surface area contributed by atoms with Crippen molar-refractivity contribution in [1.82, 2.24) is 5.06 Å². The van der Waals surface area contributed by atoms with E-state index in [0.29, 0.717) is 6.61 Å². The van der Waals surface area contributed by atoms with Gasteiger partial charge in [-0.2, -0.15) is 5.06 Å². The van der Waals surface area contributed by atoms with Gasteiger partial charge in [0.25, 0.3) is 0 Å². The van der Waals surface area contributed by atoms with Gasteiger partial charge in [0.15, 0.2) is 0 Å². The van der Waals surface area contributed by atoms with Gasteiger partial charge in [0.2, 0.25) is 0 Å². The van der Waals surface area contributed by atoms with Crippen LogP contribution in [0.1, 0.15) is 6.92 Å². The zero-order valence-corrected chi connectivity index (χ0v) is 6.99. The molecule has 0 saturated carbocycles. The van der Waals surface area contributed by atoms with Gasteiger partial charge in [-0.3, -0.25) is 4.84 Å². The first-order chi connectivity index (χ1) is 5.72. The van der Waals surface area contributed by atoms with Crippen molar-refractivity contribution in [3.63, 3.8) is 0 Å². The van der Waals surface area contributed by atoms with Crippen molar-refractivity contribution in [3.8, 4) is 12.3 Å². The molecule has 2 amide bonds. The summed E-state index contributed by atoms with van der Waals surface area (Å²) in [7, 11) is 0.